The molecular formula is C13H7FINO5. The summed E-state index contributed by atoms with van der Waals surface area (Å²) in [5, 5.41) is 19.7. The second-order valence-electron chi connectivity index (χ2n) is 3.92. The molecule has 0 aliphatic carbocycles. The van der Waals surface area contributed by atoms with Crippen molar-refractivity contribution in [3.63, 3.8) is 0 Å². The molecule has 2 rings (SSSR count). The highest BCUT2D eigenvalue weighted by molar-refractivity contribution is 14.1. The van der Waals surface area contributed by atoms with Gasteiger partial charge in [-0.2, -0.15) is 0 Å². The van der Waals surface area contributed by atoms with Gasteiger partial charge in [0.25, 0.3) is 5.69 Å². The molecule has 108 valence electrons. The summed E-state index contributed by atoms with van der Waals surface area (Å²) >= 11 is 2.03. The van der Waals surface area contributed by atoms with Crippen LogP contribution in [0, 0.1) is 19.5 Å². The first-order chi connectivity index (χ1) is 9.88. The summed E-state index contributed by atoms with van der Waals surface area (Å²) in [5.41, 5.74) is -1.46. The zero-order valence-corrected chi connectivity index (χ0v) is 12.4. The van der Waals surface area contributed by atoms with E-state index in [2.05, 4.69) is 0 Å². The van der Waals surface area contributed by atoms with Gasteiger partial charge in [-0.25, -0.2) is 9.18 Å². The molecule has 0 amide bonds. The Labute approximate surface area is 131 Å². The Morgan fingerprint density at radius 3 is 2.62 bits per heavy atom. The van der Waals surface area contributed by atoms with Gasteiger partial charge in [-0.3, -0.25) is 10.1 Å². The predicted octanol–water partition coefficient (Wildman–Crippen LogP) is 3.83. The van der Waals surface area contributed by atoms with E-state index in [0.29, 0.717) is 11.8 Å². The molecule has 0 bridgehead atoms. The van der Waals surface area contributed by atoms with Crippen LogP contribution in [-0.4, -0.2) is 16.0 Å². The largest absolute Gasteiger partial charge is 0.477 e. The lowest BCUT2D eigenvalue weighted by Gasteiger charge is -2.08. The Bertz CT molecular complexity index is 734. The van der Waals surface area contributed by atoms with Crippen LogP contribution in [0.3, 0.4) is 0 Å². The summed E-state index contributed by atoms with van der Waals surface area (Å²) < 4.78 is 19.9. The van der Waals surface area contributed by atoms with E-state index in [1.807, 2.05) is 22.6 Å². The number of carboxylic acid groups (broad SMARTS) is 1. The Morgan fingerprint density at radius 1 is 1.33 bits per heavy atom. The van der Waals surface area contributed by atoms with Crippen molar-refractivity contribution in [2.75, 3.05) is 0 Å². The van der Waals surface area contributed by atoms with Crippen LogP contribution in [0.4, 0.5) is 10.1 Å². The number of nitrogens with zero attached hydrogens (tertiary/aromatic N) is 1. The van der Waals surface area contributed by atoms with Gasteiger partial charge in [0, 0.05) is 9.64 Å². The first kappa shape index (κ1) is 15.2. The minimum atomic E-state index is -1.53. The summed E-state index contributed by atoms with van der Waals surface area (Å²) in [4.78, 5) is 20.8. The topological polar surface area (TPSA) is 89.7 Å². The normalized spacial score (nSPS) is 10.2. The average Bonchev–Trinajstić information content (AvgIpc) is 2.40. The monoisotopic (exact) mass is 403 g/mol. The minimum Gasteiger partial charge on any atom is -0.477 e. The molecule has 2 aromatic rings. The molecular weight excluding hydrogens is 396 g/mol. The van der Waals surface area contributed by atoms with E-state index >= 15 is 0 Å². The molecule has 0 saturated carbocycles. The van der Waals surface area contributed by atoms with E-state index < -0.39 is 28.0 Å². The summed E-state index contributed by atoms with van der Waals surface area (Å²) in [7, 11) is 0. The fourth-order valence-corrected chi connectivity index (χ4v) is 2.12. The van der Waals surface area contributed by atoms with Crippen LogP contribution >= 0.6 is 22.6 Å². The fraction of sp³-hybridized carbons (Fsp3) is 0. The van der Waals surface area contributed by atoms with Crippen molar-refractivity contribution in [2.45, 2.75) is 0 Å². The van der Waals surface area contributed by atoms with Crippen LogP contribution in [0.1, 0.15) is 10.4 Å². The van der Waals surface area contributed by atoms with Crippen molar-refractivity contribution >= 4 is 34.2 Å². The molecule has 8 heteroatoms. The van der Waals surface area contributed by atoms with E-state index in [-0.39, 0.29) is 5.75 Å². The molecule has 2 aromatic carbocycles. The van der Waals surface area contributed by atoms with Crippen LogP contribution in [0.5, 0.6) is 11.5 Å². The maximum absolute atomic E-state index is 13.8. The number of halogens is 2. The van der Waals surface area contributed by atoms with Gasteiger partial charge in [-0.15, -0.1) is 0 Å². The lowest BCUT2D eigenvalue weighted by atomic mass is 10.1. The van der Waals surface area contributed by atoms with Gasteiger partial charge in [0.1, 0.15) is 11.3 Å². The number of nitro benzene ring substituents is 1. The highest BCUT2D eigenvalue weighted by Crippen LogP contribution is 2.31. The molecule has 0 heterocycles. The lowest BCUT2D eigenvalue weighted by Crippen LogP contribution is -2.04. The van der Waals surface area contributed by atoms with Crippen molar-refractivity contribution in [3.05, 3.63) is 61.5 Å². The van der Waals surface area contributed by atoms with Crippen LogP contribution in [-0.2, 0) is 0 Å². The number of hydrogen-bond acceptors (Lipinski definition) is 4. The third-order valence-electron chi connectivity index (χ3n) is 2.50. The minimum absolute atomic E-state index is 0.297. The number of carboxylic acids is 1. The predicted molar refractivity (Wildman–Crippen MR) is 79.2 cm³/mol. The van der Waals surface area contributed by atoms with E-state index in [1.165, 1.54) is 0 Å². The van der Waals surface area contributed by atoms with Crippen LogP contribution in [0.2, 0.25) is 0 Å². The van der Waals surface area contributed by atoms with Crippen molar-refractivity contribution in [3.8, 4) is 11.5 Å². The molecule has 0 fully saturated rings. The summed E-state index contributed by atoms with van der Waals surface area (Å²) in [6.07, 6.45) is 0. The van der Waals surface area contributed by atoms with E-state index in [1.54, 1.807) is 24.3 Å². The van der Waals surface area contributed by atoms with Gasteiger partial charge in [-0.1, -0.05) is 6.07 Å². The number of ether oxygens (including phenoxy) is 1. The van der Waals surface area contributed by atoms with Gasteiger partial charge < -0.3 is 9.84 Å². The Kier molecular flexibility index (Phi) is 4.36. The van der Waals surface area contributed by atoms with E-state index in [9.17, 15) is 19.3 Å². The third kappa shape index (κ3) is 3.45. The number of benzene rings is 2. The van der Waals surface area contributed by atoms with Gasteiger partial charge in [-0.05, 0) is 40.8 Å². The van der Waals surface area contributed by atoms with Crippen molar-refractivity contribution < 1.29 is 24.0 Å². The van der Waals surface area contributed by atoms with Gasteiger partial charge in [0.2, 0.25) is 0 Å². The third-order valence-corrected chi connectivity index (χ3v) is 3.17. The maximum Gasteiger partial charge on any atom is 0.342 e. The Hall–Kier alpha value is -2.23. The fourth-order valence-electron chi connectivity index (χ4n) is 1.60. The zero-order chi connectivity index (χ0) is 15.6. The van der Waals surface area contributed by atoms with Crippen molar-refractivity contribution in [2.24, 2.45) is 0 Å². The second-order valence-corrected chi connectivity index (χ2v) is 5.17. The summed E-state index contributed by atoms with van der Waals surface area (Å²) in [6, 6.07) is 7.98. The first-order valence-electron chi connectivity index (χ1n) is 5.53. The quantitative estimate of drug-likeness (QED) is 0.476. The molecule has 0 aliphatic rings. The molecule has 0 aliphatic heterocycles. The molecule has 6 nitrogen and oxygen atoms in total. The van der Waals surface area contributed by atoms with Gasteiger partial charge in [0.15, 0.2) is 11.6 Å². The second kappa shape index (κ2) is 6.04. The van der Waals surface area contributed by atoms with Crippen LogP contribution in [0.25, 0.3) is 0 Å². The molecule has 0 radical (unpaired) electrons. The van der Waals surface area contributed by atoms with E-state index in [0.717, 1.165) is 9.64 Å². The lowest BCUT2D eigenvalue weighted by molar-refractivity contribution is -0.385. The van der Waals surface area contributed by atoms with Crippen LogP contribution < -0.4 is 4.74 Å². The molecule has 1 N–H and O–H groups in total. The zero-order valence-electron chi connectivity index (χ0n) is 10.2. The molecule has 0 saturated heterocycles. The smallest absolute Gasteiger partial charge is 0.342 e. The van der Waals surface area contributed by atoms with E-state index in [4.69, 9.17) is 9.84 Å². The average molecular weight is 403 g/mol. The highest BCUT2D eigenvalue weighted by atomic mass is 127. The maximum atomic E-state index is 13.8. The first-order valence-corrected chi connectivity index (χ1v) is 6.61. The molecule has 0 atom stereocenters. The highest BCUT2D eigenvalue weighted by Gasteiger charge is 2.24. The van der Waals surface area contributed by atoms with Crippen molar-refractivity contribution in [1.82, 2.24) is 0 Å². The summed E-state index contributed by atoms with van der Waals surface area (Å²) in [5.74, 6) is -2.63. The SMILES string of the molecule is O=C(O)c1cc(Oc2cccc(I)c2)c(F)cc1[N+](=O)[O-]. The van der Waals surface area contributed by atoms with Crippen molar-refractivity contribution in [1.29, 1.82) is 0 Å². The van der Waals surface area contributed by atoms with Gasteiger partial charge >= 0.3 is 5.97 Å². The molecule has 0 unspecified atom stereocenters. The number of rotatable bonds is 4. The number of hydrogen-bond donors (Lipinski definition) is 1. The van der Waals surface area contributed by atoms with Crippen LogP contribution in [0.15, 0.2) is 36.4 Å². The molecule has 0 spiro atoms. The Balaban J connectivity index is 2.47. The molecule has 0 aromatic heterocycles. The number of aromatic carboxylic acids is 1. The number of carbonyl (C=O) groups is 1. The van der Waals surface area contributed by atoms with Gasteiger partial charge in [0.05, 0.1) is 11.0 Å². The summed E-state index contributed by atoms with van der Waals surface area (Å²) in [6.45, 7) is 0. The Morgan fingerprint density at radius 2 is 2.05 bits per heavy atom. The number of nitro groups is 1. The standard InChI is InChI=1S/C13H7FINO5/c14-10-6-11(16(19)20)9(13(17)18)5-12(10)21-8-3-1-2-7(15)4-8/h1-6H,(H,17,18). The molecule has 21 heavy (non-hydrogen) atoms.